The minimum absolute atomic E-state index is 0.217. The number of benzene rings is 1. The van der Waals surface area contributed by atoms with E-state index in [0.717, 1.165) is 18.5 Å². The van der Waals surface area contributed by atoms with Gasteiger partial charge in [0.05, 0.1) is 7.11 Å². The fourth-order valence-corrected chi connectivity index (χ4v) is 2.99. The Kier molecular flexibility index (Phi) is 7.40. The van der Waals surface area contributed by atoms with Gasteiger partial charge in [0.15, 0.2) is 17.6 Å². The summed E-state index contributed by atoms with van der Waals surface area (Å²) in [5.74, 6) is -0.879. The van der Waals surface area contributed by atoms with Crippen molar-refractivity contribution in [1.82, 2.24) is 5.32 Å². The van der Waals surface area contributed by atoms with E-state index >= 15 is 0 Å². The lowest BCUT2D eigenvalue weighted by Gasteiger charge is -2.38. The van der Waals surface area contributed by atoms with Crippen LogP contribution >= 0.6 is 0 Å². The van der Waals surface area contributed by atoms with Crippen LogP contribution in [0.25, 0.3) is 0 Å². The van der Waals surface area contributed by atoms with Gasteiger partial charge in [-0.3, -0.25) is 0 Å². The number of ether oxygens (including phenoxy) is 3. The van der Waals surface area contributed by atoms with Gasteiger partial charge in [0.1, 0.15) is 18.3 Å². The zero-order chi connectivity index (χ0) is 20.1. The summed E-state index contributed by atoms with van der Waals surface area (Å²) in [6.45, 7) is 4.94. The van der Waals surface area contributed by atoms with Crippen molar-refractivity contribution in [3.05, 3.63) is 23.8 Å². The Balaban J connectivity index is 2.16. The molecule has 1 saturated heterocycles. The van der Waals surface area contributed by atoms with Gasteiger partial charge in [0, 0.05) is 6.04 Å². The molecule has 1 aromatic carbocycles. The molecule has 1 aliphatic rings. The molecule has 0 bridgehead atoms. The van der Waals surface area contributed by atoms with Crippen molar-refractivity contribution in [1.29, 1.82) is 0 Å². The number of aliphatic hydroxyl groups is 3. The average Bonchev–Trinajstić information content (AvgIpc) is 2.63. The van der Waals surface area contributed by atoms with Crippen molar-refractivity contribution in [2.24, 2.45) is 0 Å². The summed E-state index contributed by atoms with van der Waals surface area (Å²) in [7, 11) is 1.45. The molecule has 1 fully saturated rings. The standard InChI is InChI=1S/C18H27NO8/c1-4-19-9(2)7-10-5-6-11(12(8-10)25-3)26-18-15(22)13(20)14(21)16(27-18)17(23)24/h5-6,8-9,13-16,18-22H,4,7H2,1-3H3,(H,23,24)/t9-,13+,14+,15-,16+,18-/m1/s1. The Hall–Kier alpha value is -1.91. The molecule has 5 N–H and O–H groups in total. The molecule has 9 nitrogen and oxygen atoms in total. The smallest absolute Gasteiger partial charge is 0.335 e. The Morgan fingerprint density at radius 3 is 2.52 bits per heavy atom. The van der Waals surface area contributed by atoms with E-state index in [1.54, 1.807) is 12.1 Å². The molecule has 1 aliphatic heterocycles. The largest absolute Gasteiger partial charge is 0.493 e. The normalized spacial score (nSPS) is 29.2. The number of hydrogen-bond donors (Lipinski definition) is 5. The molecule has 0 spiro atoms. The molecular formula is C18H27NO8. The van der Waals surface area contributed by atoms with E-state index in [4.69, 9.17) is 19.3 Å². The van der Waals surface area contributed by atoms with Gasteiger partial charge < -0.3 is 40.0 Å². The first-order chi connectivity index (χ1) is 12.8. The monoisotopic (exact) mass is 385 g/mol. The highest BCUT2D eigenvalue weighted by Gasteiger charge is 2.48. The van der Waals surface area contributed by atoms with Gasteiger partial charge in [0.2, 0.25) is 6.29 Å². The molecule has 27 heavy (non-hydrogen) atoms. The minimum Gasteiger partial charge on any atom is -0.493 e. The first kappa shape index (κ1) is 21.4. The quantitative estimate of drug-likeness (QED) is 0.401. The van der Waals surface area contributed by atoms with Crippen molar-refractivity contribution in [3.8, 4) is 11.5 Å². The second-order valence-corrected chi connectivity index (χ2v) is 6.50. The third-order valence-electron chi connectivity index (χ3n) is 4.38. The van der Waals surface area contributed by atoms with Crippen LogP contribution in [0.5, 0.6) is 11.5 Å². The molecule has 152 valence electrons. The second kappa shape index (κ2) is 9.34. The number of carboxylic acid groups (broad SMARTS) is 1. The van der Waals surface area contributed by atoms with Gasteiger partial charge in [0.25, 0.3) is 0 Å². The number of rotatable bonds is 8. The molecule has 2 rings (SSSR count). The van der Waals surface area contributed by atoms with E-state index in [0.29, 0.717) is 5.75 Å². The van der Waals surface area contributed by atoms with Crippen molar-refractivity contribution < 1.29 is 39.4 Å². The summed E-state index contributed by atoms with van der Waals surface area (Å²) in [5.41, 5.74) is 0.997. The SMILES string of the molecule is CCN[C@H](C)Cc1ccc(O[C@@H]2O[C@H](C(=O)O)[C@@H](O)[C@H](O)[C@H]2O)c(OC)c1. The van der Waals surface area contributed by atoms with Crippen LogP contribution < -0.4 is 14.8 Å². The van der Waals surface area contributed by atoms with Crippen molar-refractivity contribution in [2.75, 3.05) is 13.7 Å². The van der Waals surface area contributed by atoms with Gasteiger partial charge in [-0.1, -0.05) is 13.0 Å². The van der Waals surface area contributed by atoms with E-state index in [1.165, 1.54) is 7.11 Å². The third-order valence-corrected chi connectivity index (χ3v) is 4.38. The maximum Gasteiger partial charge on any atom is 0.335 e. The summed E-state index contributed by atoms with van der Waals surface area (Å²) in [6.07, 6.45) is -7.57. The van der Waals surface area contributed by atoms with Gasteiger partial charge >= 0.3 is 5.97 Å². The Labute approximate surface area is 157 Å². The summed E-state index contributed by atoms with van der Waals surface area (Å²) in [4.78, 5) is 11.2. The number of hydrogen-bond acceptors (Lipinski definition) is 8. The number of methoxy groups -OCH3 is 1. The molecule has 0 amide bonds. The molecule has 6 atom stereocenters. The van der Waals surface area contributed by atoms with Crippen LogP contribution in [0.1, 0.15) is 19.4 Å². The molecule has 9 heteroatoms. The fraction of sp³-hybridized carbons (Fsp3) is 0.611. The van der Waals surface area contributed by atoms with Crippen LogP contribution in [0.15, 0.2) is 18.2 Å². The second-order valence-electron chi connectivity index (χ2n) is 6.50. The lowest BCUT2D eigenvalue weighted by atomic mass is 9.99. The van der Waals surface area contributed by atoms with Crippen LogP contribution in [0.4, 0.5) is 0 Å². The highest BCUT2D eigenvalue weighted by Crippen LogP contribution is 2.32. The van der Waals surface area contributed by atoms with Crippen LogP contribution in [0, 0.1) is 0 Å². The maximum atomic E-state index is 11.2. The van der Waals surface area contributed by atoms with Gasteiger partial charge in [-0.05, 0) is 37.6 Å². The molecule has 0 aromatic heterocycles. The van der Waals surface area contributed by atoms with Crippen molar-refractivity contribution in [2.45, 2.75) is 57.0 Å². The highest BCUT2D eigenvalue weighted by molar-refractivity contribution is 5.73. The first-order valence-corrected chi connectivity index (χ1v) is 8.77. The highest BCUT2D eigenvalue weighted by atomic mass is 16.7. The van der Waals surface area contributed by atoms with E-state index < -0.39 is 36.7 Å². The predicted octanol–water partition coefficient (Wildman–Crippen LogP) is -0.493. The zero-order valence-corrected chi connectivity index (χ0v) is 15.5. The Bertz CT molecular complexity index is 640. The molecule has 0 saturated carbocycles. The first-order valence-electron chi connectivity index (χ1n) is 8.77. The van der Waals surface area contributed by atoms with E-state index in [-0.39, 0.29) is 11.8 Å². The number of likely N-dealkylation sites (N-methyl/N-ethyl adjacent to an activating group) is 1. The summed E-state index contributed by atoms with van der Waals surface area (Å²) >= 11 is 0. The topological polar surface area (TPSA) is 138 Å². The maximum absolute atomic E-state index is 11.2. The van der Waals surface area contributed by atoms with Crippen molar-refractivity contribution in [3.63, 3.8) is 0 Å². The van der Waals surface area contributed by atoms with Gasteiger partial charge in [-0.25, -0.2) is 4.79 Å². The number of carboxylic acids is 1. The summed E-state index contributed by atoms with van der Waals surface area (Å²) in [5, 5.41) is 42.1. The number of nitrogens with one attached hydrogen (secondary N) is 1. The Morgan fingerprint density at radius 1 is 1.22 bits per heavy atom. The van der Waals surface area contributed by atoms with Crippen LogP contribution in [-0.2, 0) is 16.0 Å². The zero-order valence-electron chi connectivity index (χ0n) is 15.5. The predicted molar refractivity (Wildman–Crippen MR) is 94.8 cm³/mol. The van der Waals surface area contributed by atoms with Crippen LogP contribution in [0.2, 0.25) is 0 Å². The number of carbonyl (C=O) groups is 1. The average molecular weight is 385 g/mol. The lowest BCUT2D eigenvalue weighted by Crippen LogP contribution is -2.61. The van der Waals surface area contributed by atoms with Crippen molar-refractivity contribution >= 4 is 5.97 Å². The van der Waals surface area contributed by atoms with E-state index in [2.05, 4.69) is 12.2 Å². The van der Waals surface area contributed by atoms with Gasteiger partial charge in [-0.15, -0.1) is 0 Å². The number of aliphatic hydroxyl groups excluding tert-OH is 3. The Morgan fingerprint density at radius 2 is 1.93 bits per heavy atom. The molecule has 1 heterocycles. The van der Waals surface area contributed by atoms with E-state index in [9.17, 15) is 20.1 Å². The third kappa shape index (κ3) is 5.08. The molecule has 0 aliphatic carbocycles. The molecule has 0 unspecified atom stereocenters. The summed E-state index contributed by atoms with van der Waals surface area (Å²) < 4.78 is 16.0. The molecular weight excluding hydrogens is 358 g/mol. The van der Waals surface area contributed by atoms with E-state index in [1.807, 2.05) is 13.0 Å². The van der Waals surface area contributed by atoms with Crippen LogP contribution in [-0.4, -0.2) is 76.8 Å². The molecule has 0 radical (unpaired) electrons. The number of aliphatic carboxylic acids is 1. The minimum atomic E-state index is -1.77. The lowest BCUT2D eigenvalue weighted by molar-refractivity contribution is -0.271. The van der Waals surface area contributed by atoms with Gasteiger partial charge in [-0.2, -0.15) is 0 Å². The fourth-order valence-electron chi connectivity index (χ4n) is 2.99. The molecule has 1 aromatic rings. The van der Waals surface area contributed by atoms with Crippen LogP contribution in [0.3, 0.4) is 0 Å². The summed E-state index contributed by atoms with van der Waals surface area (Å²) in [6, 6.07) is 5.48.